The van der Waals surface area contributed by atoms with Crippen molar-refractivity contribution < 1.29 is 18.7 Å². The number of hydrogen-bond donors (Lipinski definition) is 1. The Bertz CT molecular complexity index is 923. The summed E-state index contributed by atoms with van der Waals surface area (Å²) < 4.78 is 19.2. The molecule has 1 N–H and O–H groups in total. The van der Waals surface area contributed by atoms with Crippen LogP contribution in [0.5, 0.6) is 5.75 Å². The number of hydrogen-bond acceptors (Lipinski definition) is 3. The molecule has 6 heteroatoms. The zero-order valence-electron chi connectivity index (χ0n) is 19.2. The summed E-state index contributed by atoms with van der Waals surface area (Å²) in [7, 11) is 0. The maximum absolute atomic E-state index is 13.4. The molecule has 0 aromatic heterocycles. The van der Waals surface area contributed by atoms with E-state index in [1.807, 2.05) is 39.0 Å². The average molecular weight is 441 g/mol. The first-order valence-electron chi connectivity index (χ1n) is 11.4. The van der Waals surface area contributed by atoms with Gasteiger partial charge in [-0.15, -0.1) is 0 Å². The number of rotatable bonds is 9. The van der Waals surface area contributed by atoms with Crippen molar-refractivity contribution in [3.63, 3.8) is 0 Å². The van der Waals surface area contributed by atoms with Gasteiger partial charge < -0.3 is 15.0 Å². The lowest BCUT2D eigenvalue weighted by Crippen LogP contribution is -2.52. The Morgan fingerprint density at radius 1 is 1.12 bits per heavy atom. The molecular formula is C26H33FN2O3. The zero-order chi connectivity index (χ0) is 23.1. The standard InChI is InChI=1S/C26H33FN2O3/c1-4-23(26(31)28-22-9-5-6-10-22)29(16-20-12-14-21(27)15-13-20)25(30)17-32-24-11-7-8-18(2)19(24)3/h7-8,11-15,22-23H,4-6,9-10,16-17H2,1-3H3,(H,28,31)/t23-/m1/s1. The van der Waals surface area contributed by atoms with Gasteiger partial charge in [-0.05, 0) is 68.0 Å². The molecule has 1 atom stereocenters. The first-order valence-corrected chi connectivity index (χ1v) is 11.4. The number of carbonyl (C=O) groups excluding carboxylic acids is 2. The number of benzene rings is 2. The number of halogens is 1. The molecule has 2 aromatic carbocycles. The molecule has 0 saturated heterocycles. The molecular weight excluding hydrogens is 407 g/mol. The zero-order valence-corrected chi connectivity index (χ0v) is 19.2. The van der Waals surface area contributed by atoms with Crippen LogP contribution in [0.25, 0.3) is 0 Å². The van der Waals surface area contributed by atoms with Crippen LogP contribution in [0, 0.1) is 19.7 Å². The molecule has 0 radical (unpaired) electrons. The van der Waals surface area contributed by atoms with E-state index in [4.69, 9.17) is 4.74 Å². The van der Waals surface area contributed by atoms with Gasteiger partial charge in [0.15, 0.2) is 6.61 Å². The summed E-state index contributed by atoms with van der Waals surface area (Å²) in [5.41, 5.74) is 2.83. The minimum atomic E-state index is -0.615. The molecule has 0 unspecified atom stereocenters. The number of ether oxygens (including phenoxy) is 1. The van der Waals surface area contributed by atoms with Gasteiger partial charge in [-0.3, -0.25) is 9.59 Å². The van der Waals surface area contributed by atoms with Crippen molar-refractivity contribution in [2.45, 2.75) is 71.5 Å². The summed E-state index contributed by atoms with van der Waals surface area (Å²) in [6.07, 6.45) is 4.66. The summed E-state index contributed by atoms with van der Waals surface area (Å²) >= 11 is 0. The van der Waals surface area contributed by atoms with E-state index in [-0.39, 0.29) is 36.8 Å². The van der Waals surface area contributed by atoms with Crippen LogP contribution in [0.15, 0.2) is 42.5 Å². The predicted octanol–water partition coefficient (Wildman–Crippen LogP) is 4.69. The predicted molar refractivity (Wildman–Crippen MR) is 123 cm³/mol. The van der Waals surface area contributed by atoms with Gasteiger partial charge in [-0.2, -0.15) is 0 Å². The molecule has 3 rings (SSSR count). The van der Waals surface area contributed by atoms with Gasteiger partial charge in [0.2, 0.25) is 5.91 Å². The molecule has 0 heterocycles. The van der Waals surface area contributed by atoms with Gasteiger partial charge in [0, 0.05) is 12.6 Å². The molecule has 1 fully saturated rings. The van der Waals surface area contributed by atoms with Gasteiger partial charge in [-0.1, -0.05) is 44.0 Å². The lowest BCUT2D eigenvalue weighted by Gasteiger charge is -2.31. The van der Waals surface area contributed by atoms with Gasteiger partial charge in [0.25, 0.3) is 5.91 Å². The van der Waals surface area contributed by atoms with E-state index in [9.17, 15) is 14.0 Å². The number of amides is 2. The molecule has 1 saturated carbocycles. The fraction of sp³-hybridized carbons (Fsp3) is 0.462. The Balaban J connectivity index is 1.77. The van der Waals surface area contributed by atoms with Crippen LogP contribution in [0.1, 0.15) is 55.7 Å². The SMILES string of the molecule is CC[C@H](C(=O)NC1CCCC1)N(Cc1ccc(F)cc1)C(=O)COc1cccc(C)c1C. The molecule has 0 aliphatic heterocycles. The number of nitrogens with one attached hydrogen (secondary N) is 1. The Labute approximate surface area is 190 Å². The second-order valence-electron chi connectivity index (χ2n) is 8.55. The fourth-order valence-corrected chi connectivity index (χ4v) is 4.18. The Kier molecular flexibility index (Phi) is 8.26. The third-order valence-electron chi connectivity index (χ3n) is 6.26. The highest BCUT2D eigenvalue weighted by molar-refractivity contribution is 5.88. The van der Waals surface area contributed by atoms with Crippen molar-refractivity contribution in [3.05, 3.63) is 65.0 Å². The van der Waals surface area contributed by atoms with Gasteiger partial charge in [0.1, 0.15) is 17.6 Å². The second kappa shape index (κ2) is 11.1. The largest absolute Gasteiger partial charge is 0.483 e. The minimum Gasteiger partial charge on any atom is -0.483 e. The van der Waals surface area contributed by atoms with E-state index in [1.54, 1.807) is 17.0 Å². The van der Waals surface area contributed by atoms with Crippen molar-refractivity contribution in [1.29, 1.82) is 0 Å². The molecule has 1 aliphatic carbocycles. The summed E-state index contributed by atoms with van der Waals surface area (Å²) in [5.74, 6) is -0.0929. The minimum absolute atomic E-state index is 0.137. The van der Waals surface area contributed by atoms with Crippen molar-refractivity contribution in [1.82, 2.24) is 10.2 Å². The van der Waals surface area contributed by atoms with Gasteiger partial charge in [-0.25, -0.2) is 4.39 Å². The highest BCUT2D eigenvalue weighted by Gasteiger charge is 2.31. The van der Waals surface area contributed by atoms with Crippen molar-refractivity contribution in [3.8, 4) is 5.75 Å². The van der Waals surface area contributed by atoms with E-state index in [0.717, 1.165) is 42.4 Å². The summed E-state index contributed by atoms with van der Waals surface area (Å²) in [4.78, 5) is 27.9. The normalized spacial score (nSPS) is 14.8. The monoisotopic (exact) mass is 440 g/mol. The van der Waals surface area contributed by atoms with Crippen LogP contribution in [-0.4, -0.2) is 35.4 Å². The van der Waals surface area contributed by atoms with Crippen LogP contribution in [0.4, 0.5) is 4.39 Å². The van der Waals surface area contributed by atoms with Crippen molar-refractivity contribution in [2.75, 3.05) is 6.61 Å². The Morgan fingerprint density at radius 3 is 2.47 bits per heavy atom. The molecule has 2 amide bonds. The van der Waals surface area contributed by atoms with Crippen LogP contribution >= 0.6 is 0 Å². The van der Waals surface area contributed by atoms with E-state index in [2.05, 4.69) is 5.32 Å². The lowest BCUT2D eigenvalue weighted by molar-refractivity contribution is -0.143. The van der Waals surface area contributed by atoms with E-state index >= 15 is 0 Å². The molecule has 32 heavy (non-hydrogen) atoms. The summed E-state index contributed by atoms with van der Waals surface area (Å²) in [6, 6.07) is 11.3. The molecule has 0 bridgehead atoms. The Morgan fingerprint density at radius 2 is 1.81 bits per heavy atom. The third-order valence-corrected chi connectivity index (χ3v) is 6.26. The van der Waals surface area contributed by atoms with Crippen LogP contribution < -0.4 is 10.1 Å². The van der Waals surface area contributed by atoms with Crippen molar-refractivity contribution >= 4 is 11.8 Å². The average Bonchev–Trinajstić information content (AvgIpc) is 3.28. The van der Waals surface area contributed by atoms with Gasteiger partial charge >= 0.3 is 0 Å². The molecule has 0 spiro atoms. The van der Waals surface area contributed by atoms with Crippen LogP contribution in [-0.2, 0) is 16.1 Å². The first-order chi connectivity index (χ1) is 15.4. The quantitative estimate of drug-likeness (QED) is 0.616. The first kappa shape index (κ1) is 23.8. The lowest BCUT2D eigenvalue weighted by atomic mass is 10.1. The molecule has 172 valence electrons. The number of aryl methyl sites for hydroxylation is 1. The smallest absolute Gasteiger partial charge is 0.261 e. The fourth-order valence-electron chi connectivity index (χ4n) is 4.18. The van der Waals surface area contributed by atoms with Gasteiger partial charge in [0.05, 0.1) is 0 Å². The van der Waals surface area contributed by atoms with E-state index in [0.29, 0.717) is 12.2 Å². The van der Waals surface area contributed by atoms with E-state index < -0.39 is 6.04 Å². The number of carbonyl (C=O) groups is 2. The topological polar surface area (TPSA) is 58.6 Å². The van der Waals surface area contributed by atoms with Crippen LogP contribution in [0.3, 0.4) is 0 Å². The maximum Gasteiger partial charge on any atom is 0.261 e. The third kappa shape index (κ3) is 6.09. The summed E-state index contributed by atoms with van der Waals surface area (Å²) in [5, 5.41) is 3.12. The molecule has 2 aromatic rings. The number of nitrogens with zero attached hydrogens (tertiary/aromatic N) is 1. The summed E-state index contributed by atoms with van der Waals surface area (Å²) in [6.45, 7) is 5.89. The highest BCUT2D eigenvalue weighted by Crippen LogP contribution is 2.22. The Hall–Kier alpha value is -2.89. The van der Waals surface area contributed by atoms with Crippen molar-refractivity contribution in [2.24, 2.45) is 0 Å². The second-order valence-corrected chi connectivity index (χ2v) is 8.55. The molecule has 1 aliphatic rings. The maximum atomic E-state index is 13.4. The van der Waals surface area contributed by atoms with E-state index in [1.165, 1.54) is 12.1 Å². The molecule has 5 nitrogen and oxygen atoms in total. The van der Waals surface area contributed by atoms with Crippen LogP contribution in [0.2, 0.25) is 0 Å². The highest BCUT2D eigenvalue weighted by atomic mass is 19.1.